The predicted molar refractivity (Wildman–Crippen MR) is 51.7 cm³/mol. The summed E-state index contributed by atoms with van der Waals surface area (Å²) < 4.78 is 0. The second kappa shape index (κ2) is 4.39. The summed E-state index contributed by atoms with van der Waals surface area (Å²) in [7, 11) is 0. The van der Waals surface area contributed by atoms with Crippen LogP contribution in [-0.2, 0) is 4.79 Å². The summed E-state index contributed by atoms with van der Waals surface area (Å²) in [6, 6.07) is 3.22. The number of aromatic carboxylic acids is 1. The van der Waals surface area contributed by atoms with E-state index in [1.54, 1.807) is 0 Å². The zero-order valence-electron chi connectivity index (χ0n) is 8.22. The van der Waals surface area contributed by atoms with Gasteiger partial charge in [-0.3, -0.25) is 14.9 Å². The van der Waals surface area contributed by atoms with Gasteiger partial charge in [0.2, 0.25) is 5.91 Å². The van der Waals surface area contributed by atoms with Crippen molar-refractivity contribution in [3.63, 3.8) is 0 Å². The van der Waals surface area contributed by atoms with E-state index in [9.17, 15) is 24.8 Å². The van der Waals surface area contributed by atoms with Gasteiger partial charge in [0, 0.05) is 18.7 Å². The molecule has 1 aromatic rings. The van der Waals surface area contributed by atoms with Crippen LogP contribution in [0.25, 0.3) is 0 Å². The first-order valence-corrected chi connectivity index (χ1v) is 4.19. The van der Waals surface area contributed by atoms with Crippen molar-refractivity contribution >= 4 is 23.3 Å². The smallest absolute Gasteiger partial charge is 0.278 e. The highest BCUT2D eigenvalue weighted by molar-refractivity contribution is 5.95. The van der Waals surface area contributed by atoms with Crippen molar-refractivity contribution in [3.05, 3.63) is 33.9 Å². The van der Waals surface area contributed by atoms with Crippen molar-refractivity contribution in [2.45, 2.75) is 6.92 Å². The summed E-state index contributed by atoms with van der Waals surface area (Å²) in [6.07, 6.45) is 0. The lowest BCUT2D eigenvalue weighted by Gasteiger charge is -2.07. The van der Waals surface area contributed by atoms with Crippen LogP contribution in [0.1, 0.15) is 17.3 Å². The quantitative estimate of drug-likeness (QED) is 0.568. The van der Waals surface area contributed by atoms with Crippen LogP contribution in [0.5, 0.6) is 0 Å². The summed E-state index contributed by atoms with van der Waals surface area (Å²) in [5.74, 6) is -2.07. The maximum atomic E-state index is 10.7. The Morgan fingerprint density at radius 2 is 2.00 bits per heavy atom. The highest BCUT2D eigenvalue weighted by atomic mass is 16.6. The highest BCUT2D eigenvalue weighted by Crippen LogP contribution is 2.21. The van der Waals surface area contributed by atoms with Crippen molar-refractivity contribution < 1.29 is 19.6 Å². The molecule has 0 aromatic heterocycles. The third-order valence-corrected chi connectivity index (χ3v) is 1.73. The lowest BCUT2D eigenvalue weighted by Crippen LogP contribution is -2.23. The van der Waals surface area contributed by atoms with Crippen LogP contribution in [0, 0.1) is 10.1 Å². The summed E-state index contributed by atoms with van der Waals surface area (Å²) in [5.41, 5.74) is -0.984. The fraction of sp³-hybridized carbons (Fsp3) is 0.111. The van der Waals surface area contributed by atoms with Gasteiger partial charge in [0.25, 0.3) is 5.69 Å². The predicted octanol–water partition coefficient (Wildman–Crippen LogP) is -0.0833. The van der Waals surface area contributed by atoms with Gasteiger partial charge in [-0.05, 0) is 12.1 Å². The van der Waals surface area contributed by atoms with Crippen LogP contribution >= 0.6 is 0 Å². The van der Waals surface area contributed by atoms with Crippen molar-refractivity contribution in [3.8, 4) is 0 Å². The Kier molecular flexibility index (Phi) is 3.19. The molecule has 1 rings (SSSR count). The Balaban J connectivity index is 3.22. The molecule has 0 saturated heterocycles. The number of amides is 1. The fourth-order valence-corrected chi connectivity index (χ4v) is 1.14. The minimum Gasteiger partial charge on any atom is -0.545 e. The molecule has 0 spiro atoms. The number of benzene rings is 1. The number of anilines is 1. The number of carboxylic acids is 1. The number of hydrogen-bond acceptors (Lipinski definition) is 5. The molecule has 0 radical (unpaired) electrons. The molecule has 0 atom stereocenters. The first-order valence-electron chi connectivity index (χ1n) is 4.19. The number of nitrogens with one attached hydrogen (secondary N) is 1. The Morgan fingerprint density at radius 3 is 2.44 bits per heavy atom. The molecule has 0 bridgehead atoms. The van der Waals surface area contributed by atoms with E-state index >= 15 is 0 Å². The number of nitro benzene ring substituents is 1. The van der Waals surface area contributed by atoms with E-state index in [2.05, 4.69) is 5.32 Å². The van der Waals surface area contributed by atoms with Crippen LogP contribution < -0.4 is 10.4 Å². The molecule has 0 fully saturated rings. The van der Waals surface area contributed by atoms with E-state index in [1.165, 1.54) is 13.0 Å². The summed E-state index contributed by atoms with van der Waals surface area (Å²) in [5, 5.41) is 23.4. The highest BCUT2D eigenvalue weighted by Gasteiger charge is 2.15. The van der Waals surface area contributed by atoms with Gasteiger partial charge in [-0.25, -0.2) is 0 Å². The number of nitrogens with zero attached hydrogens (tertiary/aromatic N) is 1. The first kappa shape index (κ1) is 11.6. The fourth-order valence-electron chi connectivity index (χ4n) is 1.14. The van der Waals surface area contributed by atoms with Crippen molar-refractivity contribution in [2.75, 3.05) is 5.32 Å². The monoisotopic (exact) mass is 223 g/mol. The topological polar surface area (TPSA) is 112 Å². The molecule has 1 aromatic carbocycles. The van der Waals surface area contributed by atoms with Gasteiger partial charge in [-0.1, -0.05) is 0 Å². The van der Waals surface area contributed by atoms with Gasteiger partial charge in [-0.2, -0.15) is 0 Å². The normalized spacial score (nSPS) is 9.56. The standard InChI is InChI=1S/C9H8N2O5/c1-5(12)10-6-2-3-8(11(15)16)7(4-6)9(13)14/h2-4H,1H3,(H,10,12)(H,13,14)/p-1. The van der Waals surface area contributed by atoms with Crippen LogP contribution in [0.15, 0.2) is 18.2 Å². The van der Waals surface area contributed by atoms with Gasteiger partial charge in [-0.15, -0.1) is 0 Å². The third-order valence-electron chi connectivity index (χ3n) is 1.73. The van der Waals surface area contributed by atoms with Crippen LogP contribution in [0.4, 0.5) is 11.4 Å². The molecule has 0 unspecified atom stereocenters. The van der Waals surface area contributed by atoms with E-state index < -0.39 is 28.1 Å². The molecule has 0 saturated carbocycles. The molecule has 0 aliphatic rings. The van der Waals surface area contributed by atoms with Crippen molar-refractivity contribution in [2.24, 2.45) is 0 Å². The molecule has 7 nitrogen and oxygen atoms in total. The van der Waals surface area contributed by atoms with E-state index in [0.29, 0.717) is 0 Å². The molecule has 0 aliphatic heterocycles. The first-order chi connectivity index (χ1) is 7.41. The van der Waals surface area contributed by atoms with Gasteiger partial charge in [0.05, 0.1) is 16.5 Å². The van der Waals surface area contributed by atoms with E-state index in [4.69, 9.17) is 0 Å². The largest absolute Gasteiger partial charge is 0.545 e. The number of carbonyl (C=O) groups excluding carboxylic acids is 2. The second-order valence-electron chi connectivity index (χ2n) is 2.96. The number of hydrogen-bond donors (Lipinski definition) is 1. The number of carbonyl (C=O) groups is 2. The Labute approximate surface area is 89.8 Å². The average Bonchev–Trinajstić information content (AvgIpc) is 2.16. The van der Waals surface area contributed by atoms with Gasteiger partial charge >= 0.3 is 0 Å². The maximum absolute atomic E-state index is 10.7. The third kappa shape index (κ3) is 2.53. The number of rotatable bonds is 3. The Bertz CT molecular complexity index is 469. The average molecular weight is 223 g/mol. The van der Waals surface area contributed by atoms with Gasteiger partial charge < -0.3 is 15.2 Å². The number of carboxylic acid groups (broad SMARTS) is 1. The zero-order valence-corrected chi connectivity index (χ0v) is 8.22. The molecule has 1 N–H and O–H groups in total. The summed E-state index contributed by atoms with van der Waals surface area (Å²) in [4.78, 5) is 31.0. The lowest BCUT2D eigenvalue weighted by atomic mass is 10.1. The van der Waals surface area contributed by atoms with Gasteiger partial charge in [0.15, 0.2) is 0 Å². The summed E-state index contributed by atoms with van der Waals surface area (Å²) >= 11 is 0. The second-order valence-corrected chi connectivity index (χ2v) is 2.96. The van der Waals surface area contributed by atoms with Crippen molar-refractivity contribution in [1.29, 1.82) is 0 Å². The van der Waals surface area contributed by atoms with Crippen LogP contribution in [0.3, 0.4) is 0 Å². The van der Waals surface area contributed by atoms with E-state index in [0.717, 1.165) is 12.1 Å². The molecule has 16 heavy (non-hydrogen) atoms. The summed E-state index contributed by atoms with van der Waals surface area (Å²) in [6.45, 7) is 1.24. The minimum absolute atomic E-state index is 0.164. The lowest BCUT2D eigenvalue weighted by molar-refractivity contribution is -0.385. The maximum Gasteiger partial charge on any atom is 0.278 e. The zero-order chi connectivity index (χ0) is 12.3. The molecule has 7 heteroatoms. The molecular weight excluding hydrogens is 216 g/mol. The van der Waals surface area contributed by atoms with Crippen LogP contribution in [0.2, 0.25) is 0 Å². The molecule has 84 valence electrons. The molecule has 1 amide bonds. The number of nitro groups is 1. The van der Waals surface area contributed by atoms with E-state index in [1.807, 2.05) is 0 Å². The minimum atomic E-state index is -1.67. The molecular formula is C9H7N2O5-. The van der Waals surface area contributed by atoms with E-state index in [-0.39, 0.29) is 5.69 Å². The Hall–Kier alpha value is -2.44. The van der Waals surface area contributed by atoms with Crippen molar-refractivity contribution in [1.82, 2.24) is 0 Å². The Morgan fingerprint density at radius 1 is 1.38 bits per heavy atom. The van der Waals surface area contributed by atoms with Gasteiger partial charge in [0.1, 0.15) is 0 Å². The molecule has 0 aliphatic carbocycles. The molecule has 0 heterocycles. The van der Waals surface area contributed by atoms with Crippen LogP contribution in [-0.4, -0.2) is 16.8 Å². The SMILES string of the molecule is CC(=O)Nc1ccc([N+](=O)[O-])c(C(=O)[O-])c1.